The van der Waals surface area contributed by atoms with Gasteiger partial charge in [-0.1, -0.05) is 13.8 Å². The number of hydrogen-bond acceptors (Lipinski definition) is 2. The molecule has 0 unspecified atom stereocenters. The van der Waals surface area contributed by atoms with Gasteiger partial charge in [0.2, 0.25) is 0 Å². The maximum atomic E-state index is 12.8. The predicted molar refractivity (Wildman–Crippen MR) is 71.1 cm³/mol. The van der Waals surface area contributed by atoms with Crippen molar-refractivity contribution in [1.29, 1.82) is 0 Å². The average molecular weight is 272 g/mol. The Kier molecular flexibility index (Phi) is 3.41. The van der Waals surface area contributed by atoms with Gasteiger partial charge in [0, 0.05) is 29.9 Å². The zero-order valence-electron chi connectivity index (χ0n) is 11.2. The van der Waals surface area contributed by atoms with E-state index >= 15 is 0 Å². The van der Waals surface area contributed by atoms with E-state index in [4.69, 9.17) is 5.73 Å². The second-order valence-corrected chi connectivity index (χ2v) is 5.33. The number of nitrogens with zero attached hydrogens (tertiary/aromatic N) is 1. The van der Waals surface area contributed by atoms with Crippen molar-refractivity contribution in [3.8, 4) is 0 Å². The normalized spacial score (nSPS) is 18.3. The van der Waals surface area contributed by atoms with Crippen LogP contribution < -0.4 is 10.6 Å². The van der Waals surface area contributed by atoms with Crippen molar-refractivity contribution in [3.63, 3.8) is 0 Å². The topological polar surface area (TPSA) is 29.3 Å². The molecular formula is C14H19F3N2. The summed E-state index contributed by atoms with van der Waals surface area (Å²) in [5.74, 6) is 0. The molecule has 0 amide bonds. The molecule has 5 heteroatoms. The van der Waals surface area contributed by atoms with E-state index in [2.05, 4.69) is 13.8 Å². The molecule has 0 aliphatic carbocycles. The Bertz CT molecular complexity index is 456. The minimum absolute atomic E-state index is 0.214. The summed E-state index contributed by atoms with van der Waals surface area (Å²) >= 11 is 0. The van der Waals surface area contributed by atoms with Gasteiger partial charge in [-0.3, -0.25) is 0 Å². The van der Waals surface area contributed by atoms with Crippen LogP contribution in [0.2, 0.25) is 0 Å². The van der Waals surface area contributed by atoms with Gasteiger partial charge in [-0.25, -0.2) is 0 Å². The van der Waals surface area contributed by atoms with Crippen molar-refractivity contribution in [2.24, 2.45) is 5.41 Å². The summed E-state index contributed by atoms with van der Waals surface area (Å²) in [6.45, 7) is 5.90. The quantitative estimate of drug-likeness (QED) is 0.845. The first-order chi connectivity index (χ1) is 8.81. The number of hydrogen-bond donors (Lipinski definition) is 1. The van der Waals surface area contributed by atoms with E-state index in [0.29, 0.717) is 5.69 Å². The number of nitrogen functional groups attached to an aromatic ring is 1. The van der Waals surface area contributed by atoms with Crippen LogP contribution in [-0.4, -0.2) is 13.1 Å². The maximum Gasteiger partial charge on any atom is 0.418 e. The molecule has 0 atom stereocenters. The lowest BCUT2D eigenvalue weighted by Gasteiger charge is -2.51. The summed E-state index contributed by atoms with van der Waals surface area (Å²) in [5.41, 5.74) is 5.32. The van der Waals surface area contributed by atoms with E-state index in [1.165, 1.54) is 6.07 Å². The molecule has 1 heterocycles. The number of anilines is 2. The molecule has 2 N–H and O–H groups in total. The lowest BCUT2D eigenvalue weighted by atomic mass is 9.75. The molecule has 19 heavy (non-hydrogen) atoms. The standard InChI is InChI=1S/C14H19F3N2/c1-3-13(4-2)8-19(9-13)10-5-6-12(18)11(7-10)14(15,16)17/h5-7H,3-4,8-9,18H2,1-2H3. The number of benzene rings is 1. The van der Waals surface area contributed by atoms with E-state index in [1.54, 1.807) is 6.07 Å². The van der Waals surface area contributed by atoms with Crippen LogP contribution in [0.5, 0.6) is 0 Å². The molecule has 0 bridgehead atoms. The molecule has 1 aromatic rings. The Morgan fingerprint density at radius 2 is 1.79 bits per heavy atom. The van der Waals surface area contributed by atoms with Crippen molar-refractivity contribution in [1.82, 2.24) is 0 Å². The molecule has 2 rings (SSSR count). The molecule has 1 aliphatic heterocycles. The van der Waals surface area contributed by atoms with Crippen molar-refractivity contribution in [2.45, 2.75) is 32.9 Å². The van der Waals surface area contributed by atoms with Crippen molar-refractivity contribution >= 4 is 11.4 Å². The van der Waals surface area contributed by atoms with E-state index in [9.17, 15) is 13.2 Å². The zero-order valence-corrected chi connectivity index (χ0v) is 11.2. The molecule has 1 aliphatic rings. The van der Waals surface area contributed by atoms with Gasteiger partial charge in [0.15, 0.2) is 0 Å². The summed E-state index contributed by atoms with van der Waals surface area (Å²) < 4.78 is 38.4. The fourth-order valence-corrected chi connectivity index (χ4v) is 2.63. The van der Waals surface area contributed by atoms with Crippen molar-refractivity contribution < 1.29 is 13.2 Å². The Balaban J connectivity index is 2.20. The largest absolute Gasteiger partial charge is 0.418 e. The van der Waals surface area contributed by atoms with Crippen LogP contribution in [0.25, 0.3) is 0 Å². The predicted octanol–water partition coefficient (Wildman–Crippen LogP) is 3.91. The summed E-state index contributed by atoms with van der Waals surface area (Å²) in [5, 5.41) is 0. The number of alkyl halides is 3. The lowest BCUT2D eigenvalue weighted by Crippen LogP contribution is -2.55. The molecule has 1 saturated heterocycles. The minimum Gasteiger partial charge on any atom is -0.398 e. The molecular weight excluding hydrogens is 253 g/mol. The van der Waals surface area contributed by atoms with E-state index in [-0.39, 0.29) is 11.1 Å². The van der Waals surface area contributed by atoms with Gasteiger partial charge in [-0.15, -0.1) is 0 Å². The van der Waals surface area contributed by atoms with Crippen LogP contribution >= 0.6 is 0 Å². The van der Waals surface area contributed by atoms with Gasteiger partial charge in [-0.05, 0) is 31.0 Å². The Morgan fingerprint density at radius 1 is 1.21 bits per heavy atom. The van der Waals surface area contributed by atoms with Gasteiger partial charge in [0.1, 0.15) is 0 Å². The highest BCUT2D eigenvalue weighted by atomic mass is 19.4. The smallest absolute Gasteiger partial charge is 0.398 e. The minimum atomic E-state index is -4.39. The number of rotatable bonds is 3. The summed E-state index contributed by atoms with van der Waals surface area (Å²) in [4.78, 5) is 1.99. The SMILES string of the molecule is CCC1(CC)CN(c2ccc(N)c(C(F)(F)F)c2)C1. The highest BCUT2D eigenvalue weighted by Gasteiger charge is 2.41. The first-order valence-electron chi connectivity index (χ1n) is 6.53. The Labute approximate surface area is 111 Å². The van der Waals surface area contributed by atoms with Gasteiger partial charge in [-0.2, -0.15) is 13.2 Å². The highest BCUT2D eigenvalue weighted by Crippen LogP contribution is 2.42. The number of nitrogens with two attached hydrogens (primary N) is 1. The monoisotopic (exact) mass is 272 g/mol. The van der Waals surface area contributed by atoms with Gasteiger partial charge in [0.05, 0.1) is 5.56 Å². The summed E-state index contributed by atoms with van der Waals surface area (Å²) in [6, 6.07) is 4.17. The van der Waals surface area contributed by atoms with Crippen LogP contribution in [0, 0.1) is 5.41 Å². The average Bonchev–Trinajstić information content (AvgIpc) is 2.29. The fourth-order valence-electron chi connectivity index (χ4n) is 2.63. The first kappa shape index (κ1) is 14.0. The molecule has 0 radical (unpaired) electrons. The Hall–Kier alpha value is -1.39. The first-order valence-corrected chi connectivity index (χ1v) is 6.53. The molecule has 106 valence electrons. The maximum absolute atomic E-state index is 12.8. The van der Waals surface area contributed by atoms with E-state index in [0.717, 1.165) is 32.0 Å². The molecule has 1 fully saturated rings. The second-order valence-electron chi connectivity index (χ2n) is 5.33. The number of halogens is 3. The van der Waals surface area contributed by atoms with E-state index < -0.39 is 11.7 Å². The third-order valence-electron chi connectivity index (χ3n) is 4.26. The van der Waals surface area contributed by atoms with Crippen LogP contribution in [0.1, 0.15) is 32.3 Å². The molecule has 0 spiro atoms. The van der Waals surface area contributed by atoms with Crippen LogP contribution in [0.4, 0.5) is 24.5 Å². The van der Waals surface area contributed by atoms with Crippen LogP contribution in [0.3, 0.4) is 0 Å². The summed E-state index contributed by atoms with van der Waals surface area (Å²) in [7, 11) is 0. The van der Waals surface area contributed by atoms with Crippen LogP contribution in [0.15, 0.2) is 18.2 Å². The van der Waals surface area contributed by atoms with Gasteiger partial charge < -0.3 is 10.6 Å². The third kappa shape index (κ3) is 2.51. The molecule has 0 aromatic heterocycles. The Morgan fingerprint density at radius 3 is 2.26 bits per heavy atom. The molecule has 2 nitrogen and oxygen atoms in total. The van der Waals surface area contributed by atoms with Crippen LogP contribution in [-0.2, 0) is 6.18 Å². The summed E-state index contributed by atoms with van der Waals surface area (Å²) in [6.07, 6.45) is -2.28. The second kappa shape index (κ2) is 4.62. The fraction of sp³-hybridized carbons (Fsp3) is 0.571. The lowest BCUT2D eigenvalue weighted by molar-refractivity contribution is -0.136. The van der Waals surface area contributed by atoms with Gasteiger partial charge >= 0.3 is 6.18 Å². The van der Waals surface area contributed by atoms with Crippen molar-refractivity contribution in [2.75, 3.05) is 23.7 Å². The molecule has 1 aromatic carbocycles. The molecule has 0 saturated carbocycles. The van der Waals surface area contributed by atoms with Gasteiger partial charge in [0.25, 0.3) is 0 Å². The zero-order chi connectivity index (χ0) is 14.3. The van der Waals surface area contributed by atoms with E-state index in [1.807, 2.05) is 4.90 Å². The highest BCUT2D eigenvalue weighted by molar-refractivity contribution is 5.60. The van der Waals surface area contributed by atoms with Crippen molar-refractivity contribution in [3.05, 3.63) is 23.8 Å². The third-order valence-corrected chi connectivity index (χ3v) is 4.26.